The van der Waals surface area contributed by atoms with Gasteiger partial charge in [0.2, 0.25) is 0 Å². The standard InChI is InChI=1S/C19H32N2O/c1-4-5-6-7-19(21-14-12-20-13-15-21)17-8-10-18(11-9-17)22-16(2)3/h8-11,16,19-20H,4-7,12-15H2,1-3H3/t19-/m0/s1. The van der Waals surface area contributed by atoms with Crippen LogP contribution < -0.4 is 10.1 Å². The zero-order valence-electron chi connectivity index (χ0n) is 14.5. The van der Waals surface area contributed by atoms with Crippen LogP contribution in [0.5, 0.6) is 5.75 Å². The largest absolute Gasteiger partial charge is 0.491 e. The summed E-state index contributed by atoms with van der Waals surface area (Å²) in [5.74, 6) is 0.978. The lowest BCUT2D eigenvalue weighted by Crippen LogP contribution is -2.45. The average Bonchev–Trinajstić information content (AvgIpc) is 2.53. The molecular formula is C19H32N2O. The Bertz CT molecular complexity index is 410. The van der Waals surface area contributed by atoms with Gasteiger partial charge in [0.15, 0.2) is 0 Å². The lowest BCUT2D eigenvalue weighted by molar-refractivity contribution is 0.162. The minimum Gasteiger partial charge on any atom is -0.491 e. The minimum atomic E-state index is 0.236. The van der Waals surface area contributed by atoms with E-state index in [-0.39, 0.29) is 6.10 Å². The normalized spacial score (nSPS) is 17.6. The van der Waals surface area contributed by atoms with E-state index in [1.54, 1.807) is 0 Å². The lowest BCUT2D eigenvalue weighted by atomic mass is 9.98. The molecular weight excluding hydrogens is 272 g/mol. The summed E-state index contributed by atoms with van der Waals surface area (Å²) in [4.78, 5) is 2.64. The van der Waals surface area contributed by atoms with E-state index >= 15 is 0 Å². The molecule has 1 aliphatic rings. The molecule has 0 radical (unpaired) electrons. The molecule has 0 aromatic heterocycles. The Hall–Kier alpha value is -1.06. The van der Waals surface area contributed by atoms with Crippen molar-refractivity contribution in [1.82, 2.24) is 10.2 Å². The summed E-state index contributed by atoms with van der Waals surface area (Å²) in [6.07, 6.45) is 5.43. The van der Waals surface area contributed by atoms with Crippen molar-refractivity contribution in [3.05, 3.63) is 29.8 Å². The molecule has 3 nitrogen and oxygen atoms in total. The maximum atomic E-state index is 5.77. The Morgan fingerprint density at radius 2 is 1.77 bits per heavy atom. The third-order valence-corrected chi connectivity index (χ3v) is 4.31. The number of benzene rings is 1. The SMILES string of the molecule is CCCCC[C@@H](c1ccc(OC(C)C)cc1)N1CCNCC1. The van der Waals surface area contributed by atoms with Gasteiger partial charge in [-0.2, -0.15) is 0 Å². The van der Waals surface area contributed by atoms with E-state index in [1.165, 1.54) is 31.2 Å². The van der Waals surface area contributed by atoms with Crippen LogP contribution in [-0.4, -0.2) is 37.2 Å². The van der Waals surface area contributed by atoms with Gasteiger partial charge in [0.1, 0.15) is 5.75 Å². The summed E-state index contributed by atoms with van der Waals surface area (Å²) in [6, 6.07) is 9.34. The zero-order valence-corrected chi connectivity index (χ0v) is 14.5. The molecule has 0 amide bonds. The summed E-state index contributed by atoms with van der Waals surface area (Å²) in [7, 11) is 0. The Balaban J connectivity index is 2.05. The first-order valence-corrected chi connectivity index (χ1v) is 8.92. The quantitative estimate of drug-likeness (QED) is 0.735. The second-order valence-electron chi connectivity index (χ2n) is 6.53. The molecule has 124 valence electrons. The predicted molar refractivity (Wildman–Crippen MR) is 93.5 cm³/mol. The van der Waals surface area contributed by atoms with Crippen LogP contribution in [0.4, 0.5) is 0 Å². The average molecular weight is 304 g/mol. The Morgan fingerprint density at radius 1 is 1.09 bits per heavy atom. The molecule has 2 rings (SSSR count). The van der Waals surface area contributed by atoms with Gasteiger partial charge < -0.3 is 10.1 Å². The summed E-state index contributed by atoms with van der Waals surface area (Å²) >= 11 is 0. The second-order valence-corrected chi connectivity index (χ2v) is 6.53. The Labute approximate surface area is 136 Å². The number of hydrogen-bond acceptors (Lipinski definition) is 3. The second kappa shape index (κ2) is 9.16. The van der Waals surface area contributed by atoms with Crippen molar-refractivity contribution < 1.29 is 4.74 Å². The minimum absolute atomic E-state index is 0.236. The number of rotatable bonds is 8. The van der Waals surface area contributed by atoms with Crippen molar-refractivity contribution in [3.8, 4) is 5.75 Å². The molecule has 1 heterocycles. The fraction of sp³-hybridized carbons (Fsp3) is 0.684. The number of nitrogens with zero attached hydrogens (tertiary/aromatic N) is 1. The van der Waals surface area contributed by atoms with Gasteiger partial charge in [0, 0.05) is 32.2 Å². The molecule has 1 aliphatic heterocycles. The van der Waals surface area contributed by atoms with Gasteiger partial charge in [-0.25, -0.2) is 0 Å². The van der Waals surface area contributed by atoms with Gasteiger partial charge in [0.25, 0.3) is 0 Å². The van der Waals surface area contributed by atoms with E-state index in [0.29, 0.717) is 6.04 Å². The highest BCUT2D eigenvalue weighted by molar-refractivity contribution is 5.29. The molecule has 1 N–H and O–H groups in total. The number of piperazine rings is 1. The lowest BCUT2D eigenvalue weighted by Gasteiger charge is -2.35. The number of hydrogen-bond donors (Lipinski definition) is 1. The molecule has 22 heavy (non-hydrogen) atoms. The van der Waals surface area contributed by atoms with Gasteiger partial charge in [-0.05, 0) is 38.0 Å². The van der Waals surface area contributed by atoms with E-state index < -0.39 is 0 Å². The van der Waals surface area contributed by atoms with Crippen molar-refractivity contribution in [3.63, 3.8) is 0 Å². The van der Waals surface area contributed by atoms with E-state index in [2.05, 4.69) is 55.3 Å². The molecule has 0 saturated carbocycles. The molecule has 3 heteroatoms. The van der Waals surface area contributed by atoms with Crippen LogP contribution in [0.1, 0.15) is 58.1 Å². The molecule has 0 bridgehead atoms. The zero-order chi connectivity index (χ0) is 15.8. The van der Waals surface area contributed by atoms with Crippen LogP contribution in [0, 0.1) is 0 Å². The molecule has 1 saturated heterocycles. The smallest absolute Gasteiger partial charge is 0.119 e. The monoisotopic (exact) mass is 304 g/mol. The predicted octanol–water partition coefficient (Wildman–Crippen LogP) is 4.00. The van der Waals surface area contributed by atoms with E-state index in [4.69, 9.17) is 4.74 Å². The van der Waals surface area contributed by atoms with Crippen molar-refractivity contribution in [1.29, 1.82) is 0 Å². The Kier molecular flexibility index (Phi) is 7.20. The van der Waals surface area contributed by atoms with Crippen molar-refractivity contribution in [2.24, 2.45) is 0 Å². The first-order chi connectivity index (χ1) is 10.7. The summed E-state index contributed by atoms with van der Waals surface area (Å²) in [5, 5.41) is 3.46. The summed E-state index contributed by atoms with van der Waals surface area (Å²) < 4.78 is 5.77. The van der Waals surface area contributed by atoms with Gasteiger partial charge >= 0.3 is 0 Å². The maximum absolute atomic E-state index is 5.77. The van der Waals surface area contributed by atoms with Crippen LogP contribution in [-0.2, 0) is 0 Å². The molecule has 1 aromatic carbocycles. The highest BCUT2D eigenvalue weighted by Gasteiger charge is 2.21. The van der Waals surface area contributed by atoms with Crippen molar-refractivity contribution >= 4 is 0 Å². The van der Waals surface area contributed by atoms with Crippen LogP contribution >= 0.6 is 0 Å². The molecule has 0 aliphatic carbocycles. The fourth-order valence-corrected chi connectivity index (χ4v) is 3.18. The van der Waals surface area contributed by atoms with Gasteiger partial charge in [0.05, 0.1) is 6.10 Å². The van der Waals surface area contributed by atoms with E-state index in [1.807, 2.05) is 0 Å². The van der Waals surface area contributed by atoms with Gasteiger partial charge in [-0.3, -0.25) is 4.90 Å². The highest BCUT2D eigenvalue weighted by Crippen LogP contribution is 2.28. The number of ether oxygens (including phenoxy) is 1. The fourth-order valence-electron chi connectivity index (χ4n) is 3.18. The first kappa shape index (κ1) is 17.3. The van der Waals surface area contributed by atoms with Crippen LogP contribution in [0.2, 0.25) is 0 Å². The third kappa shape index (κ3) is 5.29. The molecule has 0 unspecified atom stereocenters. The van der Waals surface area contributed by atoms with Gasteiger partial charge in [-0.1, -0.05) is 38.3 Å². The summed E-state index contributed by atoms with van der Waals surface area (Å²) in [5.41, 5.74) is 1.44. The third-order valence-electron chi connectivity index (χ3n) is 4.31. The molecule has 1 fully saturated rings. The van der Waals surface area contributed by atoms with E-state index in [0.717, 1.165) is 31.9 Å². The number of unbranched alkanes of at least 4 members (excludes halogenated alkanes) is 2. The maximum Gasteiger partial charge on any atom is 0.119 e. The van der Waals surface area contributed by atoms with Crippen LogP contribution in [0.3, 0.4) is 0 Å². The summed E-state index contributed by atoms with van der Waals surface area (Å²) in [6.45, 7) is 10.9. The first-order valence-electron chi connectivity index (χ1n) is 8.92. The molecule has 0 spiro atoms. The van der Waals surface area contributed by atoms with Crippen LogP contribution in [0.25, 0.3) is 0 Å². The highest BCUT2D eigenvalue weighted by atomic mass is 16.5. The van der Waals surface area contributed by atoms with E-state index in [9.17, 15) is 0 Å². The molecule has 1 aromatic rings. The van der Waals surface area contributed by atoms with Gasteiger partial charge in [-0.15, -0.1) is 0 Å². The molecule has 1 atom stereocenters. The Morgan fingerprint density at radius 3 is 2.36 bits per heavy atom. The topological polar surface area (TPSA) is 24.5 Å². The number of nitrogens with one attached hydrogen (secondary N) is 1. The van der Waals surface area contributed by atoms with Crippen molar-refractivity contribution in [2.45, 2.75) is 58.6 Å². The van der Waals surface area contributed by atoms with Crippen LogP contribution in [0.15, 0.2) is 24.3 Å². The van der Waals surface area contributed by atoms with Crippen molar-refractivity contribution in [2.75, 3.05) is 26.2 Å².